The van der Waals surface area contributed by atoms with Gasteiger partial charge in [0.05, 0.1) is 0 Å². The van der Waals surface area contributed by atoms with Crippen LogP contribution < -0.4 is 0 Å². The molecule has 0 bridgehead atoms. The molecule has 103 heavy (non-hydrogen) atoms. The number of hydrogen-bond acceptors (Lipinski definition) is 16. The zero-order valence-electron chi connectivity index (χ0n) is 72.1. The van der Waals surface area contributed by atoms with E-state index in [0.29, 0.717) is 39.6 Å². The highest BCUT2D eigenvalue weighted by Gasteiger charge is 2.47. The van der Waals surface area contributed by atoms with Crippen LogP contribution in [0.1, 0.15) is 375 Å². The first-order chi connectivity index (χ1) is 50.2. The fraction of sp³-hybridized carbons (Fsp3) is 1.00. The summed E-state index contributed by atoms with van der Waals surface area (Å²) in [7, 11) is -15.1. The van der Waals surface area contributed by atoms with Crippen molar-refractivity contribution < 1.29 is 70.8 Å². The number of hydrogen-bond donors (Lipinski definition) is 0. The van der Waals surface area contributed by atoms with E-state index in [1.807, 2.05) is 41.5 Å². The standard InChI is InChI=1S/C51H108O6Si2.C15H36O6Si2.C15H36O4Si2/c1-7-13-19-25-31-37-44-52-58(53-45-38-32-26-20-14-8-2,54-46-39-33-27-21-15-9-3)50-43-51-59(55-47-40-34-28-22-16-10-4,56-48-41-35-29-23-17-11-5)57-49-42-36-30-24-18-12-6;1-7-16-22(17-8-2,18-9-3)14-13-15-23(19-10-4,20-11-5)21-12-6;1-7-16-20(11-5,17-8-2)14-13-15-21(12-6,18-9-3)19-10-4/h7-51H2,1-6H3;7-15H2,1-6H3;7-15H2,1-6H3. The molecule has 0 aromatic rings. The van der Waals surface area contributed by atoms with E-state index in [4.69, 9.17) is 70.8 Å². The maximum atomic E-state index is 6.96. The summed E-state index contributed by atoms with van der Waals surface area (Å²) >= 11 is 0. The molecule has 16 nitrogen and oxygen atoms in total. The highest BCUT2D eigenvalue weighted by atomic mass is 28.4. The highest BCUT2D eigenvalue weighted by Crippen LogP contribution is 2.31. The van der Waals surface area contributed by atoms with Gasteiger partial charge in [0.15, 0.2) is 0 Å². The molecule has 0 aliphatic carbocycles. The second-order valence-electron chi connectivity index (χ2n) is 27.8. The minimum Gasteiger partial charge on any atom is -0.394 e. The van der Waals surface area contributed by atoms with E-state index in [0.717, 1.165) is 172 Å². The van der Waals surface area contributed by atoms with Gasteiger partial charge in [-0.15, -0.1) is 0 Å². The van der Waals surface area contributed by atoms with E-state index in [2.05, 4.69) is 83.1 Å². The second kappa shape index (κ2) is 79.3. The SMILES string of the molecule is CCCCCCCCO[Si](CCC[Si](OCCCCCCCC)(OCCCCCCCC)OCCCCCCCC)(OCCCCCCCC)OCCCCCCCC.CCO[Si](CC)(CCC[Si](CC)(OCC)OCC)OCC.CCO[Si](CCC[Si](OCC)(OCC)OCC)(OCC)OCC. The summed E-state index contributed by atoms with van der Waals surface area (Å²) in [5, 5.41) is 0. The van der Waals surface area contributed by atoms with Crippen LogP contribution in [0.4, 0.5) is 0 Å². The lowest BCUT2D eigenvalue weighted by atomic mass is 10.1. The van der Waals surface area contributed by atoms with Crippen molar-refractivity contribution in [1.82, 2.24) is 0 Å². The lowest BCUT2D eigenvalue weighted by molar-refractivity contribution is 0.0491. The largest absolute Gasteiger partial charge is 0.500 e. The Labute approximate surface area is 648 Å². The van der Waals surface area contributed by atoms with Gasteiger partial charge in [0.2, 0.25) is 0 Å². The predicted molar refractivity (Wildman–Crippen MR) is 450 cm³/mol. The fourth-order valence-electron chi connectivity index (χ4n) is 13.2. The Morgan fingerprint density at radius 2 is 0.282 bits per heavy atom. The third-order valence-electron chi connectivity index (χ3n) is 18.9. The summed E-state index contributed by atoms with van der Waals surface area (Å²) in [5.74, 6) is 0. The summed E-state index contributed by atoms with van der Waals surface area (Å²) in [5.41, 5.74) is 0. The highest BCUT2D eigenvalue weighted by molar-refractivity contribution is 6.69. The van der Waals surface area contributed by atoms with E-state index in [9.17, 15) is 0 Å². The molecule has 0 radical (unpaired) electrons. The van der Waals surface area contributed by atoms with Crippen molar-refractivity contribution in [1.29, 1.82) is 0 Å². The Kier molecular flexibility index (Phi) is 83.0. The maximum Gasteiger partial charge on any atom is 0.500 e. The Morgan fingerprint density at radius 1 is 0.136 bits per heavy atom. The minimum absolute atomic E-state index is 0.594. The average molecular weight is 1580 g/mol. The van der Waals surface area contributed by atoms with Crippen molar-refractivity contribution in [3.05, 3.63) is 0 Å². The molecular weight excluding hydrogens is 1400 g/mol. The van der Waals surface area contributed by atoms with Gasteiger partial charge in [0.1, 0.15) is 0 Å². The molecule has 22 heteroatoms. The molecule has 0 fully saturated rings. The predicted octanol–water partition coefficient (Wildman–Crippen LogP) is 25.4. The van der Waals surface area contributed by atoms with Crippen LogP contribution in [0.3, 0.4) is 0 Å². The average Bonchev–Trinajstić information content (AvgIpc) is 0.871. The molecule has 0 saturated heterocycles. The van der Waals surface area contributed by atoms with E-state index >= 15 is 0 Å². The first-order valence-corrected chi connectivity index (χ1v) is 56.6. The molecule has 0 spiro atoms. The maximum absolute atomic E-state index is 6.96. The molecule has 0 aliphatic rings. The minimum atomic E-state index is -2.94. The Morgan fingerprint density at radius 3 is 0.437 bits per heavy atom. The van der Waals surface area contributed by atoms with Crippen LogP contribution in [0, 0.1) is 0 Å². The van der Waals surface area contributed by atoms with Crippen LogP contribution in [0.2, 0.25) is 48.4 Å². The van der Waals surface area contributed by atoms with Crippen molar-refractivity contribution >= 4 is 52.3 Å². The third kappa shape index (κ3) is 60.9. The third-order valence-corrected chi connectivity index (χ3v) is 38.6. The molecule has 0 aromatic carbocycles. The summed E-state index contributed by atoms with van der Waals surface area (Å²) < 4.78 is 101. The van der Waals surface area contributed by atoms with Crippen LogP contribution in [-0.2, 0) is 70.8 Å². The van der Waals surface area contributed by atoms with E-state index in [1.54, 1.807) is 0 Å². The summed E-state index contributed by atoms with van der Waals surface area (Å²) in [6, 6.07) is 7.27. The number of rotatable bonds is 82. The smallest absolute Gasteiger partial charge is 0.394 e. The van der Waals surface area contributed by atoms with E-state index in [1.165, 1.54) is 193 Å². The van der Waals surface area contributed by atoms with Crippen molar-refractivity contribution in [2.75, 3.05) is 106 Å². The van der Waals surface area contributed by atoms with Crippen molar-refractivity contribution in [2.45, 2.75) is 423 Å². The lowest BCUT2D eigenvalue weighted by Gasteiger charge is -2.33. The zero-order chi connectivity index (χ0) is 76.9. The lowest BCUT2D eigenvalue weighted by Crippen LogP contribution is -2.49. The molecule has 0 heterocycles. The first kappa shape index (κ1) is 108. The summed E-state index contributed by atoms with van der Waals surface area (Å²) in [6.07, 6.45) is 48.0. The van der Waals surface area contributed by atoms with Gasteiger partial charge in [0, 0.05) is 130 Å². The molecule has 0 N–H and O–H groups in total. The van der Waals surface area contributed by atoms with Crippen LogP contribution in [0.15, 0.2) is 0 Å². The Bertz CT molecular complexity index is 1410. The zero-order valence-corrected chi connectivity index (χ0v) is 78.1. The van der Waals surface area contributed by atoms with Crippen LogP contribution in [0.25, 0.3) is 0 Å². The van der Waals surface area contributed by atoms with Crippen LogP contribution >= 0.6 is 0 Å². The molecule has 0 saturated carbocycles. The van der Waals surface area contributed by atoms with Gasteiger partial charge < -0.3 is 70.8 Å². The molecule has 0 amide bonds. The van der Waals surface area contributed by atoms with Crippen molar-refractivity contribution in [3.63, 3.8) is 0 Å². The first-order valence-electron chi connectivity index (χ1n) is 44.4. The van der Waals surface area contributed by atoms with Gasteiger partial charge in [-0.3, -0.25) is 0 Å². The normalized spacial score (nSPS) is 12.5. The molecule has 0 aromatic heterocycles. The van der Waals surface area contributed by atoms with Gasteiger partial charge in [-0.1, -0.05) is 248 Å². The molecular formula is C81H180O16Si6. The summed E-state index contributed by atoms with van der Waals surface area (Å²) in [6.45, 7) is 49.2. The molecule has 0 rings (SSSR count). The van der Waals surface area contributed by atoms with Gasteiger partial charge in [0.25, 0.3) is 0 Å². The molecule has 0 unspecified atom stereocenters. The van der Waals surface area contributed by atoms with Gasteiger partial charge in [-0.25, -0.2) is 0 Å². The molecule has 0 atom stereocenters. The quantitative estimate of drug-likeness (QED) is 0.0420. The van der Waals surface area contributed by atoms with Gasteiger partial charge in [-0.2, -0.15) is 0 Å². The topological polar surface area (TPSA) is 148 Å². The van der Waals surface area contributed by atoms with E-state index in [-0.39, 0.29) is 0 Å². The van der Waals surface area contributed by atoms with Gasteiger partial charge in [-0.05, 0) is 151 Å². The Hall–Kier alpha value is 0.661. The fourth-order valence-corrected chi connectivity index (χ4v) is 30.6. The number of unbranched alkanes of at least 4 members (excludes halogenated alkanes) is 30. The van der Waals surface area contributed by atoms with Gasteiger partial charge >= 0.3 is 52.3 Å². The molecule has 624 valence electrons. The van der Waals surface area contributed by atoms with Crippen molar-refractivity contribution in [2.24, 2.45) is 0 Å². The van der Waals surface area contributed by atoms with Crippen molar-refractivity contribution in [3.8, 4) is 0 Å². The van der Waals surface area contributed by atoms with E-state index < -0.39 is 52.3 Å². The van der Waals surface area contributed by atoms with Crippen LogP contribution in [0.5, 0.6) is 0 Å². The molecule has 0 aliphatic heterocycles. The van der Waals surface area contributed by atoms with Crippen LogP contribution in [-0.4, -0.2) is 158 Å². The monoisotopic (exact) mass is 1580 g/mol. The summed E-state index contributed by atoms with van der Waals surface area (Å²) in [4.78, 5) is 0. The second-order valence-corrected chi connectivity index (χ2v) is 46.0. The Balaban J connectivity index is -0.00000184.